The average Bonchev–Trinajstić information content (AvgIpc) is 2.51. The molecule has 1 rings (SSSR count). The van der Waals surface area contributed by atoms with Crippen LogP contribution in [0.5, 0.6) is 0 Å². The molecule has 1 fully saturated rings. The third-order valence-electron chi connectivity index (χ3n) is 2.61. The summed E-state index contributed by atoms with van der Waals surface area (Å²) in [7, 11) is 0. The number of thiocarbonyl (C=S) groups is 1. The molecule has 2 N–H and O–H groups in total. The maximum absolute atomic E-state index is 12.1. The van der Waals surface area contributed by atoms with Crippen molar-refractivity contribution in [2.75, 3.05) is 0 Å². The summed E-state index contributed by atoms with van der Waals surface area (Å²) in [6.45, 7) is 1.48. The smallest absolute Gasteiger partial charge is 0.360 e. The van der Waals surface area contributed by atoms with Crippen molar-refractivity contribution in [3.8, 4) is 0 Å². The molecule has 0 aromatic heterocycles. The highest BCUT2D eigenvalue weighted by Crippen LogP contribution is 2.21. The molecule has 0 aromatic rings. The lowest BCUT2D eigenvalue weighted by molar-refractivity contribution is -0.138. The van der Waals surface area contributed by atoms with Gasteiger partial charge in [-0.2, -0.15) is 13.2 Å². The van der Waals surface area contributed by atoms with Gasteiger partial charge in [0.15, 0.2) is 5.11 Å². The maximum atomic E-state index is 12.1. The van der Waals surface area contributed by atoms with E-state index in [-0.39, 0.29) is 0 Å². The zero-order valence-electron chi connectivity index (χ0n) is 9.23. The molecule has 0 radical (unpaired) electrons. The molecule has 94 valence electrons. The highest BCUT2D eigenvalue weighted by atomic mass is 32.1. The fraction of sp³-hybridized carbons (Fsp3) is 0.900. The van der Waals surface area contributed by atoms with Crippen molar-refractivity contribution in [2.45, 2.75) is 57.3 Å². The summed E-state index contributed by atoms with van der Waals surface area (Å²) in [5.74, 6) is 0. The topological polar surface area (TPSA) is 24.1 Å². The van der Waals surface area contributed by atoms with E-state index in [1.165, 1.54) is 19.8 Å². The fourth-order valence-electron chi connectivity index (χ4n) is 1.92. The van der Waals surface area contributed by atoms with E-state index in [2.05, 4.69) is 10.6 Å². The minimum Gasteiger partial charge on any atom is -0.360 e. The summed E-state index contributed by atoms with van der Waals surface area (Å²) >= 11 is 4.97. The Morgan fingerprint density at radius 3 is 2.44 bits per heavy atom. The zero-order chi connectivity index (χ0) is 12.2. The monoisotopic (exact) mass is 254 g/mol. The molecule has 1 saturated carbocycles. The van der Waals surface area contributed by atoms with Crippen LogP contribution in [0.25, 0.3) is 0 Å². The number of hydrogen-bond acceptors (Lipinski definition) is 1. The summed E-state index contributed by atoms with van der Waals surface area (Å²) < 4.78 is 36.2. The molecule has 0 aromatic carbocycles. The molecular weight excluding hydrogens is 237 g/mol. The highest BCUT2D eigenvalue weighted by Gasteiger charge is 2.30. The summed E-state index contributed by atoms with van der Waals surface area (Å²) in [5.41, 5.74) is 0. The van der Waals surface area contributed by atoms with Gasteiger partial charge in [-0.3, -0.25) is 0 Å². The Labute approximate surface area is 99.0 Å². The van der Waals surface area contributed by atoms with Gasteiger partial charge in [-0.05, 0) is 32.0 Å². The van der Waals surface area contributed by atoms with Crippen LogP contribution in [-0.4, -0.2) is 23.4 Å². The molecule has 0 heterocycles. The summed E-state index contributed by atoms with van der Waals surface area (Å²) in [6, 6.07) is -0.348. The normalized spacial score (nSPS) is 19.5. The average molecular weight is 254 g/mol. The highest BCUT2D eigenvalue weighted by molar-refractivity contribution is 7.80. The third-order valence-corrected chi connectivity index (χ3v) is 2.84. The number of nitrogens with one attached hydrogen (secondary N) is 2. The first-order chi connectivity index (χ1) is 7.37. The Bertz CT molecular complexity index is 237. The molecule has 6 heteroatoms. The van der Waals surface area contributed by atoms with Gasteiger partial charge in [0.25, 0.3) is 0 Å². The fourth-order valence-corrected chi connectivity index (χ4v) is 2.29. The molecule has 1 atom stereocenters. The number of halogens is 3. The molecule has 0 bridgehead atoms. The van der Waals surface area contributed by atoms with Gasteiger partial charge < -0.3 is 10.6 Å². The Morgan fingerprint density at radius 2 is 1.94 bits per heavy atom. The van der Waals surface area contributed by atoms with Crippen LogP contribution >= 0.6 is 12.2 Å². The lowest BCUT2D eigenvalue weighted by Gasteiger charge is -2.20. The summed E-state index contributed by atoms with van der Waals surface area (Å²) in [6.07, 6.45) is -0.573. The van der Waals surface area contributed by atoms with Crippen LogP contribution in [0.1, 0.15) is 39.0 Å². The Hall–Kier alpha value is -0.520. The second-order valence-electron chi connectivity index (χ2n) is 4.32. The molecular formula is C10H17F3N2S. The lowest BCUT2D eigenvalue weighted by Crippen LogP contribution is -2.45. The molecule has 2 nitrogen and oxygen atoms in total. The Balaban J connectivity index is 2.22. The van der Waals surface area contributed by atoms with Gasteiger partial charge in [0.1, 0.15) is 0 Å². The molecule has 1 unspecified atom stereocenters. The van der Waals surface area contributed by atoms with E-state index in [0.29, 0.717) is 11.2 Å². The van der Waals surface area contributed by atoms with Crippen LogP contribution < -0.4 is 10.6 Å². The molecule has 1 aliphatic carbocycles. The number of rotatable bonds is 3. The first-order valence-electron chi connectivity index (χ1n) is 5.50. The van der Waals surface area contributed by atoms with Gasteiger partial charge >= 0.3 is 6.18 Å². The van der Waals surface area contributed by atoms with Crippen molar-refractivity contribution in [3.63, 3.8) is 0 Å². The van der Waals surface area contributed by atoms with E-state index in [1.807, 2.05) is 0 Å². The minimum atomic E-state index is -4.14. The predicted molar refractivity (Wildman–Crippen MR) is 61.3 cm³/mol. The predicted octanol–water partition coefficient (Wildman–Crippen LogP) is 2.73. The van der Waals surface area contributed by atoms with Gasteiger partial charge in [-0.1, -0.05) is 12.8 Å². The van der Waals surface area contributed by atoms with Crippen molar-refractivity contribution in [1.82, 2.24) is 10.6 Å². The quantitative estimate of drug-likeness (QED) is 0.757. The Morgan fingerprint density at radius 1 is 1.38 bits per heavy atom. The largest absolute Gasteiger partial charge is 0.391 e. The molecule has 0 aliphatic heterocycles. The number of hydrogen-bond donors (Lipinski definition) is 2. The van der Waals surface area contributed by atoms with Crippen LogP contribution in [0.3, 0.4) is 0 Å². The molecule has 16 heavy (non-hydrogen) atoms. The first-order valence-corrected chi connectivity index (χ1v) is 5.91. The SMILES string of the molecule is CC(CC(F)(F)F)NC(=S)NC1CCCC1. The van der Waals surface area contributed by atoms with E-state index >= 15 is 0 Å². The van der Waals surface area contributed by atoms with Crippen molar-refractivity contribution in [1.29, 1.82) is 0 Å². The first kappa shape index (κ1) is 13.5. The standard InChI is InChI=1S/C10H17F3N2S/c1-7(6-10(11,12)13)14-9(16)15-8-4-2-3-5-8/h7-8H,2-6H2,1H3,(H2,14,15,16). The second kappa shape index (κ2) is 5.70. The molecule has 1 aliphatic rings. The summed E-state index contributed by atoms with van der Waals surface area (Å²) in [5, 5.41) is 6.05. The maximum Gasteiger partial charge on any atom is 0.391 e. The van der Waals surface area contributed by atoms with Gasteiger partial charge in [0, 0.05) is 12.1 Å². The van der Waals surface area contributed by atoms with Crippen LogP contribution in [0.15, 0.2) is 0 Å². The molecule has 0 amide bonds. The van der Waals surface area contributed by atoms with Crippen molar-refractivity contribution in [2.24, 2.45) is 0 Å². The van der Waals surface area contributed by atoms with E-state index < -0.39 is 18.6 Å². The lowest BCUT2D eigenvalue weighted by atomic mass is 10.2. The molecule has 0 saturated heterocycles. The second-order valence-corrected chi connectivity index (χ2v) is 4.73. The zero-order valence-corrected chi connectivity index (χ0v) is 10.0. The van der Waals surface area contributed by atoms with Crippen molar-refractivity contribution in [3.05, 3.63) is 0 Å². The van der Waals surface area contributed by atoms with E-state index in [1.54, 1.807) is 0 Å². The Kier molecular flexibility index (Phi) is 4.83. The molecule has 0 spiro atoms. The van der Waals surface area contributed by atoms with Gasteiger partial charge in [0.05, 0.1) is 6.42 Å². The van der Waals surface area contributed by atoms with Crippen LogP contribution in [-0.2, 0) is 0 Å². The van der Waals surface area contributed by atoms with E-state index in [0.717, 1.165) is 12.8 Å². The van der Waals surface area contributed by atoms with Crippen molar-refractivity contribution >= 4 is 17.3 Å². The van der Waals surface area contributed by atoms with Crippen LogP contribution in [0.4, 0.5) is 13.2 Å². The van der Waals surface area contributed by atoms with Gasteiger partial charge in [0.2, 0.25) is 0 Å². The van der Waals surface area contributed by atoms with Crippen LogP contribution in [0, 0.1) is 0 Å². The van der Waals surface area contributed by atoms with Gasteiger partial charge in [-0.25, -0.2) is 0 Å². The van der Waals surface area contributed by atoms with Gasteiger partial charge in [-0.15, -0.1) is 0 Å². The third kappa shape index (κ3) is 5.53. The van der Waals surface area contributed by atoms with E-state index in [4.69, 9.17) is 12.2 Å². The summed E-state index contributed by atoms with van der Waals surface area (Å²) in [4.78, 5) is 0. The van der Waals surface area contributed by atoms with Crippen molar-refractivity contribution < 1.29 is 13.2 Å². The number of alkyl halides is 3. The van der Waals surface area contributed by atoms with E-state index in [9.17, 15) is 13.2 Å². The van der Waals surface area contributed by atoms with Crippen LogP contribution in [0.2, 0.25) is 0 Å². The minimum absolute atomic E-state index is 0.332.